The van der Waals surface area contributed by atoms with Crippen molar-refractivity contribution in [3.63, 3.8) is 0 Å². The molecule has 5 aromatic rings. The Kier molecular flexibility index (Phi) is 4.71. The first-order chi connectivity index (χ1) is 17.6. The number of nitrogens with zero attached hydrogens (tertiary/aromatic N) is 7. The maximum absolute atomic E-state index is 13.0. The summed E-state index contributed by atoms with van der Waals surface area (Å²) in [5, 5.41) is 5.71. The number of hydrogen-bond acceptors (Lipinski definition) is 6. The summed E-state index contributed by atoms with van der Waals surface area (Å²) in [6.45, 7) is 6.27. The first-order valence-corrected chi connectivity index (χ1v) is 12.6. The minimum Gasteiger partial charge on any atom is -0.351 e. The van der Waals surface area contributed by atoms with E-state index in [1.165, 1.54) is 18.4 Å². The van der Waals surface area contributed by atoms with Gasteiger partial charge in [-0.3, -0.25) is 9.97 Å². The highest BCUT2D eigenvalue weighted by molar-refractivity contribution is 5.94. The molecule has 0 spiro atoms. The molecule has 7 rings (SSSR count). The van der Waals surface area contributed by atoms with Crippen LogP contribution in [-0.2, 0) is 19.5 Å². The van der Waals surface area contributed by atoms with Crippen molar-refractivity contribution in [3.8, 4) is 11.1 Å². The molecule has 4 aromatic heterocycles. The number of pyridine rings is 2. The van der Waals surface area contributed by atoms with Crippen LogP contribution in [0.4, 0.5) is 5.82 Å². The average molecular weight is 478 g/mol. The Hall–Kier alpha value is -4.07. The smallest absolute Gasteiger partial charge is 0.351 e. The highest BCUT2D eigenvalue weighted by atomic mass is 16.2. The molecule has 0 bridgehead atoms. The molecule has 0 radical (unpaired) electrons. The molecule has 8 heteroatoms. The van der Waals surface area contributed by atoms with Crippen LogP contribution in [0.2, 0.25) is 0 Å². The second-order valence-electron chi connectivity index (χ2n) is 10.1. The number of aromatic nitrogens is 6. The maximum Gasteiger partial charge on any atom is 0.351 e. The zero-order valence-electron chi connectivity index (χ0n) is 20.5. The number of aryl methyl sites for hydroxylation is 1. The van der Waals surface area contributed by atoms with Crippen LogP contribution >= 0.6 is 0 Å². The summed E-state index contributed by atoms with van der Waals surface area (Å²) >= 11 is 0. The van der Waals surface area contributed by atoms with E-state index in [1.807, 2.05) is 37.5 Å². The van der Waals surface area contributed by atoms with E-state index in [0.717, 1.165) is 64.3 Å². The maximum atomic E-state index is 13.0. The molecule has 0 atom stereocenters. The Bertz CT molecular complexity index is 1710. The Morgan fingerprint density at radius 2 is 1.97 bits per heavy atom. The molecule has 36 heavy (non-hydrogen) atoms. The van der Waals surface area contributed by atoms with E-state index in [0.29, 0.717) is 18.2 Å². The molecule has 5 heterocycles. The summed E-state index contributed by atoms with van der Waals surface area (Å²) in [6, 6.07) is 12.6. The lowest BCUT2D eigenvalue weighted by atomic mass is 9.97. The molecule has 8 nitrogen and oxygen atoms in total. The topological polar surface area (TPSA) is 81.2 Å². The first kappa shape index (κ1) is 21.2. The molecule has 1 aliphatic carbocycles. The third-order valence-electron chi connectivity index (χ3n) is 7.67. The highest BCUT2D eigenvalue weighted by Crippen LogP contribution is 2.32. The van der Waals surface area contributed by atoms with Crippen LogP contribution in [0.25, 0.3) is 27.8 Å². The fourth-order valence-corrected chi connectivity index (χ4v) is 5.35. The van der Waals surface area contributed by atoms with Crippen LogP contribution in [0, 0.1) is 19.8 Å². The Morgan fingerprint density at radius 1 is 1.08 bits per heavy atom. The van der Waals surface area contributed by atoms with Gasteiger partial charge < -0.3 is 4.90 Å². The minimum atomic E-state index is -0.0843. The molecule has 0 unspecified atom stereocenters. The highest BCUT2D eigenvalue weighted by Gasteiger charge is 2.26. The average Bonchev–Trinajstić information content (AvgIpc) is 3.67. The molecule has 180 valence electrons. The third kappa shape index (κ3) is 3.39. The molecule has 0 N–H and O–H groups in total. The molecular formula is C28H27N7O. The summed E-state index contributed by atoms with van der Waals surface area (Å²) in [6.07, 6.45) is 7.01. The van der Waals surface area contributed by atoms with Crippen LogP contribution in [-0.4, -0.2) is 35.7 Å². The van der Waals surface area contributed by atoms with Crippen LogP contribution in [0.15, 0.2) is 53.6 Å². The molecule has 0 amide bonds. The zero-order chi connectivity index (χ0) is 24.4. The van der Waals surface area contributed by atoms with Crippen molar-refractivity contribution in [2.75, 3.05) is 11.4 Å². The summed E-state index contributed by atoms with van der Waals surface area (Å²) in [5.41, 5.74) is 7.39. The van der Waals surface area contributed by atoms with E-state index >= 15 is 0 Å². The van der Waals surface area contributed by atoms with Gasteiger partial charge in [0.05, 0.1) is 5.52 Å². The number of anilines is 1. The Labute approximate surface area is 208 Å². The molecule has 2 aliphatic rings. The van der Waals surface area contributed by atoms with E-state index in [9.17, 15) is 4.79 Å². The van der Waals surface area contributed by atoms with Gasteiger partial charge in [0.15, 0.2) is 0 Å². The second-order valence-corrected chi connectivity index (χ2v) is 10.1. The van der Waals surface area contributed by atoms with Gasteiger partial charge in [0.1, 0.15) is 5.82 Å². The van der Waals surface area contributed by atoms with Crippen LogP contribution in [0.5, 0.6) is 0 Å². The number of rotatable bonds is 4. The van der Waals surface area contributed by atoms with Gasteiger partial charge in [-0.05, 0) is 61.9 Å². The summed E-state index contributed by atoms with van der Waals surface area (Å²) < 4.78 is 3.25. The van der Waals surface area contributed by atoms with Crippen molar-refractivity contribution in [2.24, 2.45) is 5.92 Å². The molecule has 1 aliphatic heterocycles. The van der Waals surface area contributed by atoms with Gasteiger partial charge in [0.2, 0.25) is 0 Å². The van der Waals surface area contributed by atoms with Gasteiger partial charge in [0, 0.05) is 66.3 Å². The summed E-state index contributed by atoms with van der Waals surface area (Å²) in [7, 11) is 0. The van der Waals surface area contributed by atoms with Gasteiger partial charge in [-0.15, -0.1) is 5.10 Å². The third-order valence-corrected chi connectivity index (χ3v) is 7.67. The standard InChI is InChI=1S/C28H27N7O/c1-17-18(2)35-27(32-34(28(35)36)15-19-8-9-19)31-26(17)33-12-10-24-21(16-33)13-20(14-30-24)22-5-3-7-25-23(22)6-4-11-29-25/h3-7,11,13-14,19H,8-10,12,15-16H2,1-2H3. The van der Waals surface area contributed by atoms with Crippen molar-refractivity contribution < 1.29 is 0 Å². The number of hydrogen-bond donors (Lipinski definition) is 0. The van der Waals surface area contributed by atoms with E-state index in [4.69, 9.17) is 9.97 Å². The van der Waals surface area contributed by atoms with Gasteiger partial charge in [0.25, 0.3) is 5.78 Å². The van der Waals surface area contributed by atoms with E-state index in [1.54, 1.807) is 9.08 Å². The lowest BCUT2D eigenvalue weighted by Gasteiger charge is -2.31. The van der Waals surface area contributed by atoms with Gasteiger partial charge in [-0.1, -0.05) is 18.2 Å². The van der Waals surface area contributed by atoms with Crippen molar-refractivity contribution in [2.45, 2.75) is 46.2 Å². The van der Waals surface area contributed by atoms with Crippen molar-refractivity contribution in [3.05, 3.63) is 81.8 Å². The fourth-order valence-electron chi connectivity index (χ4n) is 5.35. The summed E-state index contributed by atoms with van der Waals surface area (Å²) in [4.78, 5) is 29.5. The fraction of sp³-hybridized carbons (Fsp3) is 0.321. The van der Waals surface area contributed by atoms with Crippen LogP contribution < -0.4 is 10.6 Å². The first-order valence-electron chi connectivity index (χ1n) is 12.6. The largest absolute Gasteiger partial charge is 0.351 e. The van der Waals surface area contributed by atoms with Crippen molar-refractivity contribution in [1.82, 2.24) is 29.1 Å². The predicted molar refractivity (Wildman–Crippen MR) is 139 cm³/mol. The van der Waals surface area contributed by atoms with Gasteiger partial charge in [-0.25, -0.2) is 13.9 Å². The monoisotopic (exact) mass is 477 g/mol. The van der Waals surface area contributed by atoms with E-state index < -0.39 is 0 Å². The molecule has 0 saturated heterocycles. The van der Waals surface area contributed by atoms with E-state index in [2.05, 4.69) is 40.1 Å². The SMILES string of the molecule is Cc1c(N2CCc3ncc(-c4cccc5ncccc45)cc3C2)nc2nn(CC3CC3)c(=O)n2c1C. The molecule has 1 saturated carbocycles. The van der Waals surface area contributed by atoms with Gasteiger partial charge >= 0.3 is 5.69 Å². The predicted octanol–water partition coefficient (Wildman–Crippen LogP) is 4.09. The number of fused-ring (bicyclic) bond motifs is 3. The van der Waals surface area contributed by atoms with E-state index in [-0.39, 0.29) is 5.69 Å². The molecular weight excluding hydrogens is 450 g/mol. The second kappa shape index (κ2) is 7.98. The minimum absolute atomic E-state index is 0.0843. The lowest BCUT2D eigenvalue weighted by molar-refractivity contribution is 0.544. The van der Waals surface area contributed by atoms with Crippen LogP contribution in [0.3, 0.4) is 0 Å². The van der Waals surface area contributed by atoms with Crippen molar-refractivity contribution >= 4 is 22.5 Å². The Morgan fingerprint density at radius 3 is 2.83 bits per heavy atom. The Balaban J connectivity index is 1.27. The lowest BCUT2D eigenvalue weighted by Crippen LogP contribution is -2.33. The molecule has 1 fully saturated rings. The number of benzene rings is 1. The summed E-state index contributed by atoms with van der Waals surface area (Å²) in [5.74, 6) is 1.96. The molecule has 1 aromatic carbocycles. The normalized spacial score (nSPS) is 15.6. The van der Waals surface area contributed by atoms with Crippen LogP contribution in [0.1, 0.15) is 35.4 Å². The van der Waals surface area contributed by atoms with Crippen molar-refractivity contribution in [1.29, 1.82) is 0 Å². The van der Waals surface area contributed by atoms with Gasteiger partial charge in [-0.2, -0.15) is 4.98 Å². The quantitative estimate of drug-likeness (QED) is 0.388. The zero-order valence-corrected chi connectivity index (χ0v) is 20.5.